The zero-order chi connectivity index (χ0) is 14.8. The molecule has 0 aliphatic heterocycles. The number of nitrogens with one attached hydrogen (secondary N) is 1. The maximum atomic E-state index is 11.7. The summed E-state index contributed by atoms with van der Waals surface area (Å²) in [4.78, 5) is 11.7. The molecule has 0 aliphatic rings. The highest BCUT2D eigenvalue weighted by Crippen LogP contribution is 2.25. The number of amides is 1. The molecule has 1 aromatic carbocycles. The Hall–Kier alpha value is -2.03. The number of benzene rings is 1. The molecule has 0 aliphatic carbocycles. The summed E-state index contributed by atoms with van der Waals surface area (Å²) < 4.78 is 10.3. The summed E-state index contributed by atoms with van der Waals surface area (Å²) in [5.41, 5.74) is 1.21. The van der Waals surface area contributed by atoms with Crippen LogP contribution in [-0.2, 0) is 9.53 Å². The van der Waals surface area contributed by atoms with E-state index in [1.165, 1.54) is 7.11 Å². The third-order valence-corrected chi connectivity index (χ3v) is 2.37. The molecule has 0 fully saturated rings. The molecule has 0 spiro atoms. The van der Waals surface area contributed by atoms with Crippen molar-refractivity contribution in [2.45, 2.75) is 13.3 Å². The number of anilines is 1. The van der Waals surface area contributed by atoms with Crippen molar-refractivity contribution in [3.8, 4) is 17.6 Å². The summed E-state index contributed by atoms with van der Waals surface area (Å²) >= 11 is 0. The van der Waals surface area contributed by atoms with Crippen molar-refractivity contribution in [3.05, 3.63) is 23.8 Å². The summed E-state index contributed by atoms with van der Waals surface area (Å²) in [6.45, 7) is 2.32. The third kappa shape index (κ3) is 5.31. The summed E-state index contributed by atoms with van der Waals surface area (Å²) in [6, 6.07) is 5.16. The van der Waals surface area contributed by atoms with E-state index in [-0.39, 0.29) is 19.1 Å². The highest BCUT2D eigenvalue weighted by Gasteiger charge is 2.08. The predicted octanol–water partition coefficient (Wildman–Crippen LogP) is 1.40. The zero-order valence-corrected chi connectivity index (χ0v) is 11.7. The van der Waals surface area contributed by atoms with Crippen molar-refractivity contribution < 1.29 is 19.4 Å². The number of hydrogen-bond acceptors (Lipinski definition) is 4. The van der Waals surface area contributed by atoms with Crippen LogP contribution < -0.4 is 10.1 Å². The van der Waals surface area contributed by atoms with Crippen molar-refractivity contribution in [3.63, 3.8) is 0 Å². The topological polar surface area (TPSA) is 67.8 Å². The number of aliphatic hydroxyl groups excluding tert-OH is 1. The summed E-state index contributed by atoms with van der Waals surface area (Å²) in [5.74, 6) is 5.62. The average Bonchev–Trinajstić information content (AvgIpc) is 2.45. The number of aliphatic hydroxyl groups is 1. The fraction of sp³-hybridized carbons (Fsp3) is 0.400. The fourth-order valence-corrected chi connectivity index (χ4v) is 1.52. The quantitative estimate of drug-likeness (QED) is 0.609. The normalized spacial score (nSPS) is 9.55. The Labute approximate surface area is 118 Å². The Morgan fingerprint density at radius 1 is 1.45 bits per heavy atom. The van der Waals surface area contributed by atoms with Crippen LogP contribution in [0.3, 0.4) is 0 Å². The zero-order valence-electron chi connectivity index (χ0n) is 11.7. The number of rotatable bonds is 6. The van der Waals surface area contributed by atoms with Crippen LogP contribution in [0.4, 0.5) is 5.69 Å². The van der Waals surface area contributed by atoms with Gasteiger partial charge in [-0.05, 0) is 24.6 Å². The molecule has 5 nitrogen and oxygen atoms in total. The molecule has 0 unspecified atom stereocenters. The van der Waals surface area contributed by atoms with Crippen molar-refractivity contribution >= 4 is 11.6 Å². The SMILES string of the molecule is CCCOCC(=O)Nc1cc(C#CCO)ccc1OC. The minimum atomic E-state index is -0.246. The van der Waals surface area contributed by atoms with Crippen LogP contribution in [-0.4, -0.2) is 37.9 Å². The van der Waals surface area contributed by atoms with Gasteiger partial charge in [0.05, 0.1) is 12.8 Å². The van der Waals surface area contributed by atoms with Crippen LogP contribution in [0.5, 0.6) is 5.75 Å². The smallest absolute Gasteiger partial charge is 0.250 e. The average molecular weight is 277 g/mol. The highest BCUT2D eigenvalue weighted by molar-refractivity contribution is 5.93. The van der Waals surface area contributed by atoms with Crippen LogP contribution in [0.2, 0.25) is 0 Å². The second kappa shape index (κ2) is 8.97. The van der Waals surface area contributed by atoms with Gasteiger partial charge in [0.15, 0.2) is 0 Å². The molecule has 1 rings (SSSR count). The number of ether oxygens (including phenoxy) is 2. The molecule has 0 saturated carbocycles. The highest BCUT2D eigenvalue weighted by atomic mass is 16.5. The van der Waals surface area contributed by atoms with Gasteiger partial charge in [0.25, 0.3) is 0 Å². The maximum absolute atomic E-state index is 11.7. The molecular formula is C15H19NO4. The molecule has 0 heterocycles. The van der Waals surface area contributed by atoms with Gasteiger partial charge in [0.1, 0.15) is 19.0 Å². The molecule has 20 heavy (non-hydrogen) atoms. The molecule has 0 bridgehead atoms. The van der Waals surface area contributed by atoms with E-state index in [1.807, 2.05) is 6.92 Å². The van der Waals surface area contributed by atoms with Gasteiger partial charge in [-0.2, -0.15) is 0 Å². The first-order valence-corrected chi connectivity index (χ1v) is 6.36. The maximum Gasteiger partial charge on any atom is 0.250 e. The van der Waals surface area contributed by atoms with E-state index in [9.17, 15) is 4.79 Å². The van der Waals surface area contributed by atoms with Crippen LogP contribution in [0.15, 0.2) is 18.2 Å². The molecule has 0 radical (unpaired) electrons. The molecule has 0 saturated heterocycles. The molecule has 0 aromatic heterocycles. The van der Waals surface area contributed by atoms with Crippen molar-refractivity contribution in [1.29, 1.82) is 0 Å². The molecule has 2 N–H and O–H groups in total. The molecule has 5 heteroatoms. The van der Waals surface area contributed by atoms with Crippen LogP contribution >= 0.6 is 0 Å². The molecule has 0 atom stereocenters. The van der Waals surface area contributed by atoms with E-state index in [2.05, 4.69) is 17.2 Å². The Balaban J connectivity index is 2.77. The van der Waals surface area contributed by atoms with E-state index >= 15 is 0 Å². The lowest BCUT2D eigenvalue weighted by molar-refractivity contribution is -0.120. The number of carbonyl (C=O) groups excluding carboxylic acids is 1. The van der Waals surface area contributed by atoms with E-state index < -0.39 is 0 Å². The Kier molecular flexibility index (Phi) is 7.18. The minimum Gasteiger partial charge on any atom is -0.495 e. The lowest BCUT2D eigenvalue weighted by Crippen LogP contribution is -2.19. The Bertz CT molecular complexity index is 502. The first kappa shape index (κ1) is 16.0. The van der Waals surface area contributed by atoms with E-state index in [4.69, 9.17) is 14.6 Å². The monoisotopic (exact) mass is 277 g/mol. The van der Waals surface area contributed by atoms with Gasteiger partial charge < -0.3 is 19.9 Å². The van der Waals surface area contributed by atoms with Crippen molar-refractivity contribution in [1.82, 2.24) is 0 Å². The van der Waals surface area contributed by atoms with Crippen molar-refractivity contribution in [2.24, 2.45) is 0 Å². The van der Waals surface area contributed by atoms with Gasteiger partial charge >= 0.3 is 0 Å². The summed E-state index contributed by atoms with van der Waals surface area (Å²) in [6.07, 6.45) is 0.864. The second-order valence-corrected chi connectivity index (χ2v) is 3.98. The lowest BCUT2D eigenvalue weighted by Gasteiger charge is -2.10. The lowest BCUT2D eigenvalue weighted by atomic mass is 10.2. The van der Waals surface area contributed by atoms with Crippen molar-refractivity contribution in [2.75, 3.05) is 32.2 Å². The summed E-state index contributed by atoms with van der Waals surface area (Å²) in [5, 5.41) is 11.4. The third-order valence-electron chi connectivity index (χ3n) is 2.37. The molecule has 108 valence electrons. The van der Waals surface area contributed by atoms with Gasteiger partial charge in [0, 0.05) is 12.2 Å². The summed E-state index contributed by atoms with van der Waals surface area (Å²) in [7, 11) is 1.53. The molecule has 1 amide bonds. The van der Waals surface area contributed by atoms with E-state index in [0.29, 0.717) is 23.6 Å². The predicted molar refractivity (Wildman–Crippen MR) is 76.7 cm³/mol. The van der Waals surface area contributed by atoms with Gasteiger partial charge in [-0.1, -0.05) is 18.8 Å². The van der Waals surface area contributed by atoms with Gasteiger partial charge in [-0.15, -0.1) is 0 Å². The van der Waals surface area contributed by atoms with E-state index in [0.717, 1.165) is 6.42 Å². The standard InChI is InChI=1S/C15H19NO4/c1-3-9-20-11-15(18)16-13-10-12(5-4-8-17)6-7-14(13)19-2/h6-7,10,17H,3,8-9,11H2,1-2H3,(H,16,18). The Morgan fingerprint density at radius 2 is 2.25 bits per heavy atom. The van der Waals surface area contributed by atoms with Gasteiger partial charge in [0.2, 0.25) is 5.91 Å². The Morgan fingerprint density at radius 3 is 2.90 bits per heavy atom. The minimum absolute atomic E-state index is 0.00351. The van der Waals surface area contributed by atoms with Crippen LogP contribution in [0.25, 0.3) is 0 Å². The number of methoxy groups -OCH3 is 1. The van der Waals surface area contributed by atoms with Crippen LogP contribution in [0, 0.1) is 11.8 Å². The van der Waals surface area contributed by atoms with Gasteiger partial charge in [-0.25, -0.2) is 0 Å². The van der Waals surface area contributed by atoms with Gasteiger partial charge in [-0.3, -0.25) is 4.79 Å². The first-order chi connectivity index (χ1) is 9.71. The number of carbonyl (C=O) groups is 1. The second-order valence-electron chi connectivity index (χ2n) is 3.98. The first-order valence-electron chi connectivity index (χ1n) is 6.36. The largest absolute Gasteiger partial charge is 0.495 e. The molecule has 1 aromatic rings. The fourth-order valence-electron chi connectivity index (χ4n) is 1.52. The van der Waals surface area contributed by atoms with E-state index in [1.54, 1.807) is 18.2 Å². The molecular weight excluding hydrogens is 258 g/mol. The van der Waals surface area contributed by atoms with Crippen LogP contribution in [0.1, 0.15) is 18.9 Å². The number of hydrogen-bond donors (Lipinski definition) is 2.